The van der Waals surface area contributed by atoms with Gasteiger partial charge in [-0.3, -0.25) is 0 Å². The van der Waals surface area contributed by atoms with Crippen LogP contribution in [0.25, 0.3) is 21.5 Å². The number of hydrogen-bond acceptors (Lipinski definition) is 2. The van der Waals surface area contributed by atoms with Crippen molar-refractivity contribution in [2.45, 2.75) is 80.1 Å². The zero-order valence-electron chi connectivity index (χ0n) is 32.6. The van der Waals surface area contributed by atoms with Crippen LogP contribution in [-0.4, -0.2) is 0 Å². The summed E-state index contributed by atoms with van der Waals surface area (Å²) in [6, 6.07) is 50.3. The van der Waals surface area contributed by atoms with Crippen molar-refractivity contribution in [3.63, 3.8) is 0 Å². The SMILES string of the molecule is Cc1ccc(N(c2cccc(C)c2)c2c3ccc(C(C)(C)C)cc3c(N(c3ccc(C)cc3)c3cccc(C)c3)c3ccc(C(C)(C)C)cc23)cc1. The summed E-state index contributed by atoms with van der Waals surface area (Å²) in [6.07, 6.45) is 0. The second kappa shape index (κ2) is 13.3. The molecule has 0 unspecified atom stereocenters. The molecule has 7 aromatic rings. The Kier molecular flexibility index (Phi) is 8.99. The normalized spacial score (nSPS) is 12.0. The molecule has 52 heavy (non-hydrogen) atoms. The lowest BCUT2D eigenvalue weighted by atomic mass is 9.82. The van der Waals surface area contributed by atoms with E-state index in [4.69, 9.17) is 0 Å². The van der Waals surface area contributed by atoms with Crippen molar-refractivity contribution in [3.8, 4) is 0 Å². The van der Waals surface area contributed by atoms with E-state index in [0.717, 1.165) is 22.7 Å². The summed E-state index contributed by atoms with van der Waals surface area (Å²) in [4.78, 5) is 4.99. The van der Waals surface area contributed by atoms with Crippen LogP contribution in [0.5, 0.6) is 0 Å². The summed E-state index contributed by atoms with van der Waals surface area (Å²) in [6.45, 7) is 22.6. The smallest absolute Gasteiger partial charge is 0.0620 e. The van der Waals surface area contributed by atoms with Gasteiger partial charge in [0.2, 0.25) is 0 Å². The van der Waals surface area contributed by atoms with Crippen molar-refractivity contribution in [2.24, 2.45) is 0 Å². The third kappa shape index (κ3) is 6.71. The molecular formula is C50H52N2. The van der Waals surface area contributed by atoms with E-state index in [9.17, 15) is 0 Å². The quantitative estimate of drug-likeness (QED) is 0.127. The summed E-state index contributed by atoms with van der Waals surface area (Å²) >= 11 is 0. The summed E-state index contributed by atoms with van der Waals surface area (Å²) in [5, 5.41) is 4.89. The van der Waals surface area contributed by atoms with Gasteiger partial charge in [-0.25, -0.2) is 0 Å². The molecular weight excluding hydrogens is 629 g/mol. The Hall–Kier alpha value is -5.34. The van der Waals surface area contributed by atoms with Crippen molar-refractivity contribution in [3.05, 3.63) is 167 Å². The molecule has 0 aliphatic heterocycles. The largest absolute Gasteiger partial charge is 0.309 e. The lowest BCUT2D eigenvalue weighted by Gasteiger charge is -2.34. The minimum Gasteiger partial charge on any atom is -0.309 e. The van der Waals surface area contributed by atoms with E-state index in [1.165, 1.54) is 66.3 Å². The van der Waals surface area contributed by atoms with Gasteiger partial charge in [0.15, 0.2) is 0 Å². The molecule has 2 nitrogen and oxygen atoms in total. The van der Waals surface area contributed by atoms with Crippen molar-refractivity contribution < 1.29 is 0 Å². The molecule has 0 radical (unpaired) electrons. The minimum atomic E-state index is -0.0398. The molecule has 0 fully saturated rings. The average Bonchev–Trinajstić information content (AvgIpc) is 3.09. The van der Waals surface area contributed by atoms with Crippen LogP contribution in [0.2, 0.25) is 0 Å². The van der Waals surface area contributed by atoms with E-state index in [1.54, 1.807) is 0 Å². The lowest BCUT2D eigenvalue weighted by molar-refractivity contribution is 0.590. The van der Waals surface area contributed by atoms with Gasteiger partial charge in [-0.1, -0.05) is 125 Å². The summed E-state index contributed by atoms with van der Waals surface area (Å²) in [7, 11) is 0. The fourth-order valence-electron chi connectivity index (χ4n) is 7.33. The zero-order chi connectivity index (χ0) is 36.9. The van der Waals surface area contributed by atoms with Crippen LogP contribution in [-0.2, 0) is 10.8 Å². The van der Waals surface area contributed by atoms with Crippen molar-refractivity contribution in [1.82, 2.24) is 0 Å². The van der Waals surface area contributed by atoms with Gasteiger partial charge in [-0.15, -0.1) is 0 Å². The first-order valence-corrected chi connectivity index (χ1v) is 18.6. The molecule has 0 bridgehead atoms. The van der Waals surface area contributed by atoms with E-state index in [2.05, 4.69) is 212 Å². The lowest BCUT2D eigenvalue weighted by Crippen LogP contribution is -2.17. The van der Waals surface area contributed by atoms with Crippen LogP contribution >= 0.6 is 0 Å². The van der Waals surface area contributed by atoms with Gasteiger partial charge in [-0.05, 0) is 121 Å². The molecule has 0 saturated heterocycles. The highest BCUT2D eigenvalue weighted by Crippen LogP contribution is 2.52. The van der Waals surface area contributed by atoms with Gasteiger partial charge < -0.3 is 9.80 Å². The Bertz CT molecular complexity index is 2230. The van der Waals surface area contributed by atoms with E-state index < -0.39 is 0 Å². The van der Waals surface area contributed by atoms with Gasteiger partial charge in [0, 0.05) is 44.3 Å². The fraction of sp³-hybridized carbons (Fsp3) is 0.240. The van der Waals surface area contributed by atoms with Crippen LogP contribution in [0.1, 0.15) is 74.9 Å². The molecule has 0 spiro atoms. The van der Waals surface area contributed by atoms with Gasteiger partial charge in [0.05, 0.1) is 11.4 Å². The Morgan fingerprint density at radius 1 is 0.327 bits per heavy atom. The minimum absolute atomic E-state index is 0.0398. The molecule has 0 amide bonds. The predicted octanol–water partition coefficient (Wildman–Crippen LogP) is 14.8. The first-order valence-electron chi connectivity index (χ1n) is 18.6. The monoisotopic (exact) mass is 680 g/mol. The highest BCUT2D eigenvalue weighted by atomic mass is 15.2. The number of rotatable bonds is 6. The van der Waals surface area contributed by atoms with Gasteiger partial charge in [0.1, 0.15) is 0 Å². The summed E-state index contributed by atoms with van der Waals surface area (Å²) < 4.78 is 0. The van der Waals surface area contributed by atoms with Crippen LogP contribution in [0, 0.1) is 27.7 Å². The molecule has 262 valence electrons. The molecule has 0 saturated carbocycles. The maximum Gasteiger partial charge on any atom is 0.0620 e. The standard InChI is InChI=1S/C50H52N2/c1-33-17-23-39(24-18-33)51(41-15-11-13-35(3)29-41)47-43-27-21-38(50(8,9)10)32-46(43)48(44-28-22-37(31-45(44)47)49(5,6)7)52(40-25-19-34(2)20-26-40)42-16-12-14-36(4)30-42/h11-32H,1-10H3. The zero-order valence-corrected chi connectivity index (χ0v) is 32.6. The highest BCUT2D eigenvalue weighted by molar-refractivity contribution is 6.23. The number of fused-ring (bicyclic) bond motifs is 2. The molecule has 0 heterocycles. The van der Waals surface area contributed by atoms with Gasteiger partial charge in [-0.2, -0.15) is 0 Å². The summed E-state index contributed by atoms with van der Waals surface area (Å²) in [5.74, 6) is 0. The highest BCUT2D eigenvalue weighted by Gasteiger charge is 2.28. The number of anilines is 6. The molecule has 0 atom stereocenters. The number of benzene rings is 7. The number of nitrogens with zero attached hydrogens (tertiary/aromatic N) is 2. The number of aryl methyl sites for hydroxylation is 4. The fourth-order valence-corrected chi connectivity index (χ4v) is 7.33. The topological polar surface area (TPSA) is 6.48 Å². The van der Waals surface area contributed by atoms with Crippen LogP contribution < -0.4 is 9.80 Å². The van der Waals surface area contributed by atoms with Crippen molar-refractivity contribution in [1.29, 1.82) is 0 Å². The first-order chi connectivity index (χ1) is 24.7. The first kappa shape index (κ1) is 35.1. The molecule has 7 rings (SSSR count). The van der Waals surface area contributed by atoms with Crippen molar-refractivity contribution in [2.75, 3.05) is 9.80 Å². The van der Waals surface area contributed by atoms with Gasteiger partial charge in [0.25, 0.3) is 0 Å². The third-order valence-electron chi connectivity index (χ3n) is 10.3. The second-order valence-electron chi connectivity index (χ2n) is 16.7. The number of hydrogen-bond donors (Lipinski definition) is 0. The molecule has 2 heteroatoms. The summed E-state index contributed by atoms with van der Waals surface area (Å²) in [5.41, 5.74) is 14.5. The Morgan fingerprint density at radius 2 is 0.692 bits per heavy atom. The molecule has 0 aromatic heterocycles. The van der Waals surface area contributed by atoms with E-state index in [-0.39, 0.29) is 10.8 Å². The van der Waals surface area contributed by atoms with Crippen LogP contribution in [0.15, 0.2) is 133 Å². The second-order valence-corrected chi connectivity index (χ2v) is 16.7. The van der Waals surface area contributed by atoms with E-state index in [1.807, 2.05) is 0 Å². The van der Waals surface area contributed by atoms with E-state index >= 15 is 0 Å². The average molecular weight is 681 g/mol. The van der Waals surface area contributed by atoms with Crippen LogP contribution in [0.4, 0.5) is 34.1 Å². The maximum atomic E-state index is 2.49. The van der Waals surface area contributed by atoms with Gasteiger partial charge >= 0.3 is 0 Å². The third-order valence-corrected chi connectivity index (χ3v) is 10.3. The van der Waals surface area contributed by atoms with E-state index in [0.29, 0.717) is 0 Å². The molecule has 0 N–H and O–H groups in total. The Labute approximate surface area is 311 Å². The molecule has 0 aliphatic carbocycles. The predicted molar refractivity (Wildman–Crippen MR) is 227 cm³/mol. The van der Waals surface area contributed by atoms with Crippen molar-refractivity contribution >= 4 is 55.7 Å². The Morgan fingerprint density at radius 3 is 1.02 bits per heavy atom. The molecule has 0 aliphatic rings. The molecule has 7 aromatic carbocycles. The maximum absolute atomic E-state index is 2.49. The van der Waals surface area contributed by atoms with Crippen LogP contribution in [0.3, 0.4) is 0 Å². The Balaban J connectivity index is 1.72.